The van der Waals surface area contributed by atoms with E-state index in [-0.39, 0.29) is 0 Å². The smallest absolute Gasteiger partial charge is 0.0737 e. The number of benzene rings is 1. The average molecular weight is 311 g/mol. The maximum absolute atomic E-state index is 6.03. The van der Waals surface area contributed by atoms with Crippen LogP contribution >= 0.6 is 27.5 Å². The van der Waals surface area contributed by atoms with Gasteiger partial charge in [0, 0.05) is 21.6 Å². The Labute approximate surface area is 115 Å². The Bertz CT molecular complexity index is 525. The summed E-state index contributed by atoms with van der Waals surface area (Å²) < 4.78 is 0. The van der Waals surface area contributed by atoms with Gasteiger partial charge in [0.15, 0.2) is 0 Å². The minimum atomic E-state index is 0.746. The van der Waals surface area contributed by atoms with Gasteiger partial charge >= 0.3 is 0 Å². The van der Waals surface area contributed by atoms with Crippen LogP contribution in [0.3, 0.4) is 0 Å². The van der Waals surface area contributed by atoms with Gasteiger partial charge in [-0.3, -0.25) is 4.98 Å². The molecule has 2 rings (SSSR count). The van der Waals surface area contributed by atoms with Crippen LogP contribution in [0.5, 0.6) is 0 Å². The number of alkyl halides is 1. The topological polar surface area (TPSA) is 12.9 Å². The van der Waals surface area contributed by atoms with E-state index in [0.29, 0.717) is 0 Å². The first-order chi connectivity index (χ1) is 8.20. The number of hydrogen-bond donors (Lipinski definition) is 0. The molecule has 0 fully saturated rings. The molecule has 1 nitrogen and oxygen atoms in total. The van der Waals surface area contributed by atoms with Crippen molar-refractivity contribution >= 4 is 27.5 Å². The van der Waals surface area contributed by atoms with Gasteiger partial charge in [0.1, 0.15) is 0 Å². The van der Waals surface area contributed by atoms with Crippen molar-refractivity contribution in [1.82, 2.24) is 4.98 Å². The van der Waals surface area contributed by atoms with Gasteiger partial charge < -0.3 is 0 Å². The molecule has 0 radical (unpaired) electrons. The van der Waals surface area contributed by atoms with Gasteiger partial charge in [-0.05, 0) is 37.1 Å². The zero-order valence-electron chi connectivity index (χ0n) is 9.58. The molecule has 0 amide bonds. The highest BCUT2D eigenvalue weighted by Gasteiger charge is 2.07. The van der Waals surface area contributed by atoms with Crippen molar-refractivity contribution in [2.45, 2.75) is 13.3 Å². The first kappa shape index (κ1) is 12.6. The number of halogens is 2. The predicted molar refractivity (Wildman–Crippen MR) is 76.9 cm³/mol. The molecule has 1 heterocycles. The Morgan fingerprint density at radius 3 is 2.76 bits per heavy atom. The molecule has 88 valence electrons. The maximum atomic E-state index is 6.03. The van der Waals surface area contributed by atoms with Gasteiger partial charge in [0.2, 0.25) is 0 Å². The number of rotatable bonds is 3. The molecule has 0 spiro atoms. The second-order valence-corrected chi connectivity index (χ2v) is 5.14. The van der Waals surface area contributed by atoms with Crippen LogP contribution in [-0.2, 0) is 6.42 Å². The van der Waals surface area contributed by atoms with Crippen LogP contribution in [0.1, 0.15) is 11.3 Å². The minimum absolute atomic E-state index is 0.746. The molecule has 1 aromatic carbocycles. The van der Waals surface area contributed by atoms with Crippen LogP contribution in [-0.4, -0.2) is 10.3 Å². The Hall–Kier alpha value is -0.860. The summed E-state index contributed by atoms with van der Waals surface area (Å²) in [5, 5.41) is 1.68. The fraction of sp³-hybridized carbons (Fsp3) is 0.214. The molecule has 0 aliphatic rings. The lowest BCUT2D eigenvalue weighted by atomic mass is 10.0. The van der Waals surface area contributed by atoms with E-state index in [0.717, 1.165) is 33.7 Å². The largest absolute Gasteiger partial charge is 0.253 e. The van der Waals surface area contributed by atoms with Crippen LogP contribution < -0.4 is 0 Å². The summed E-state index contributed by atoms with van der Waals surface area (Å²) in [6, 6.07) is 12.0. The van der Waals surface area contributed by atoms with Crippen LogP contribution in [0.4, 0.5) is 0 Å². The Morgan fingerprint density at radius 1 is 1.24 bits per heavy atom. The molecule has 0 saturated carbocycles. The molecule has 0 aliphatic carbocycles. The summed E-state index contributed by atoms with van der Waals surface area (Å²) >= 11 is 9.50. The molecular weight excluding hydrogens is 298 g/mol. The summed E-state index contributed by atoms with van der Waals surface area (Å²) in [6.45, 7) is 2.01. The van der Waals surface area contributed by atoms with Gasteiger partial charge in [-0.1, -0.05) is 45.7 Å². The molecule has 0 saturated heterocycles. The number of hydrogen-bond acceptors (Lipinski definition) is 1. The third kappa shape index (κ3) is 3.08. The van der Waals surface area contributed by atoms with E-state index in [9.17, 15) is 0 Å². The molecule has 0 atom stereocenters. The van der Waals surface area contributed by atoms with E-state index < -0.39 is 0 Å². The Kier molecular flexibility index (Phi) is 4.19. The number of aryl methyl sites for hydroxylation is 2. The third-order valence-electron chi connectivity index (χ3n) is 2.58. The zero-order valence-corrected chi connectivity index (χ0v) is 11.9. The first-order valence-corrected chi connectivity index (χ1v) is 6.99. The molecule has 2 aromatic rings. The van der Waals surface area contributed by atoms with E-state index in [1.165, 1.54) is 5.56 Å². The normalized spacial score (nSPS) is 10.5. The van der Waals surface area contributed by atoms with Crippen molar-refractivity contribution in [2.24, 2.45) is 0 Å². The molecular formula is C14H13BrClN. The Balaban J connectivity index is 2.52. The number of aromatic nitrogens is 1. The Morgan fingerprint density at radius 2 is 2.06 bits per heavy atom. The van der Waals surface area contributed by atoms with Crippen molar-refractivity contribution in [2.75, 3.05) is 5.33 Å². The van der Waals surface area contributed by atoms with Gasteiger partial charge in [0.05, 0.1) is 5.69 Å². The highest BCUT2D eigenvalue weighted by Crippen LogP contribution is 2.25. The predicted octanol–water partition coefficient (Wildman–Crippen LogP) is 4.65. The summed E-state index contributed by atoms with van der Waals surface area (Å²) in [5.74, 6) is 0. The quantitative estimate of drug-likeness (QED) is 0.752. The van der Waals surface area contributed by atoms with E-state index in [4.69, 9.17) is 11.6 Å². The highest BCUT2D eigenvalue weighted by atomic mass is 79.9. The van der Waals surface area contributed by atoms with E-state index in [1.807, 2.05) is 37.3 Å². The number of pyridine rings is 1. The second kappa shape index (κ2) is 5.65. The minimum Gasteiger partial charge on any atom is -0.253 e. The van der Waals surface area contributed by atoms with Crippen LogP contribution in [0.2, 0.25) is 5.02 Å². The summed E-state index contributed by atoms with van der Waals surface area (Å²) in [5.41, 5.74) is 4.39. The van der Waals surface area contributed by atoms with Crippen LogP contribution in [0, 0.1) is 6.92 Å². The highest BCUT2D eigenvalue weighted by molar-refractivity contribution is 9.09. The molecule has 17 heavy (non-hydrogen) atoms. The van der Waals surface area contributed by atoms with Gasteiger partial charge in [-0.25, -0.2) is 0 Å². The van der Waals surface area contributed by atoms with Crippen molar-refractivity contribution in [3.05, 3.63) is 52.7 Å². The molecule has 1 aromatic heterocycles. The number of nitrogens with zero attached hydrogens (tertiary/aromatic N) is 1. The summed E-state index contributed by atoms with van der Waals surface area (Å²) in [6.07, 6.45) is 0.967. The van der Waals surface area contributed by atoms with E-state index >= 15 is 0 Å². The molecule has 0 N–H and O–H groups in total. The lowest BCUT2D eigenvalue weighted by Crippen LogP contribution is -1.96. The van der Waals surface area contributed by atoms with Crippen LogP contribution in [0.15, 0.2) is 36.4 Å². The van der Waals surface area contributed by atoms with Crippen molar-refractivity contribution in [3.8, 4) is 11.3 Å². The van der Waals surface area contributed by atoms with Crippen molar-refractivity contribution in [1.29, 1.82) is 0 Å². The molecule has 0 aliphatic heterocycles. The fourth-order valence-corrected chi connectivity index (χ4v) is 2.39. The van der Waals surface area contributed by atoms with Crippen molar-refractivity contribution in [3.63, 3.8) is 0 Å². The molecule has 0 bridgehead atoms. The van der Waals surface area contributed by atoms with Gasteiger partial charge in [-0.15, -0.1) is 0 Å². The molecule has 3 heteroatoms. The maximum Gasteiger partial charge on any atom is 0.0737 e. The standard InChI is InChI=1S/C14H13BrClN/c1-10-5-6-11(7-8-15)14(17-10)12-3-2-4-13(16)9-12/h2-6,9H,7-8H2,1H3. The van der Waals surface area contributed by atoms with E-state index in [1.54, 1.807) is 0 Å². The fourth-order valence-electron chi connectivity index (χ4n) is 1.77. The second-order valence-electron chi connectivity index (χ2n) is 3.91. The average Bonchev–Trinajstić information content (AvgIpc) is 2.32. The van der Waals surface area contributed by atoms with Gasteiger partial charge in [0.25, 0.3) is 0 Å². The summed E-state index contributed by atoms with van der Waals surface area (Å²) in [7, 11) is 0. The van der Waals surface area contributed by atoms with Gasteiger partial charge in [-0.2, -0.15) is 0 Å². The van der Waals surface area contributed by atoms with Crippen LogP contribution in [0.25, 0.3) is 11.3 Å². The SMILES string of the molecule is Cc1ccc(CCBr)c(-c2cccc(Cl)c2)n1. The lowest BCUT2D eigenvalue weighted by molar-refractivity contribution is 1.10. The van der Waals surface area contributed by atoms with E-state index in [2.05, 4.69) is 27.0 Å². The molecule has 0 unspecified atom stereocenters. The lowest BCUT2D eigenvalue weighted by Gasteiger charge is -2.09. The zero-order chi connectivity index (χ0) is 12.3. The third-order valence-corrected chi connectivity index (χ3v) is 3.21. The monoisotopic (exact) mass is 309 g/mol. The summed E-state index contributed by atoms with van der Waals surface area (Å²) in [4.78, 5) is 4.62. The van der Waals surface area contributed by atoms with Crippen molar-refractivity contribution < 1.29 is 0 Å². The first-order valence-electron chi connectivity index (χ1n) is 5.49.